The second-order valence-corrected chi connectivity index (χ2v) is 18.5. The summed E-state index contributed by atoms with van der Waals surface area (Å²) in [4.78, 5) is 38.0. The smallest absolute Gasteiger partial charge is 0.306 e. The molecule has 1 unspecified atom stereocenters. The lowest BCUT2D eigenvalue weighted by molar-refractivity contribution is -0.167. The fraction of sp³-hybridized carbons (Fsp3) is 0.780. The highest BCUT2D eigenvalue weighted by molar-refractivity contribution is 5.71. The van der Waals surface area contributed by atoms with Gasteiger partial charge in [0.15, 0.2) is 6.10 Å². The Morgan fingerprint density at radius 3 is 0.938 bits per heavy atom. The van der Waals surface area contributed by atoms with E-state index in [4.69, 9.17) is 14.2 Å². The van der Waals surface area contributed by atoms with Crippen LogP contribution in [0.5, 0.6) is 0 Å². The van der Waals surface area contributed by atoms with Crippen molar-refractivity contribution in [3.63, 3.8) is 0 Å². The third-order valence-electron chi connectivity index (χ3n) is 11.9. The van der Waals surface area contributed by atoms with E-state index in [2.05, 4.69) is 81.5 Å². The molecule has 6 nitrogen and oxygen atoms in total. The molecular weight excluding hydrogens is 805 g/mol. The number of carbonyl (C=O) groups excluding carboxylic acids is 3. The molecule has 0 aliphatic rings. The minimum atomic E-state index is -0.785. The molecule has 0 aromatic rings. The maximum atomic E-state index is 12.8. The van der Waals surface area contributed by atoms with Crippen LogP contribution in [0, 0.1) is 0 Å². The zero-order valence-corrected chi connectivity index (χ0v) is 43.0. The number of rotatable bonds is 50. The van der Waals surface area contributed by atoms with Crippen LogP contribution < -0.4 is 0 Å². The van der Waals surface area contributed by atoms with Gasteiger partial charge in [-0.05, 0) is 103 Å². The van der Waals surface area contributed by atoms with Crippen molar-refractivity contribution in [3.05, 3.63) is 60.8 Å². The molecule has 0 saturated carbocycles. The van der Waals surface area contributed by atoms with Gasteiger partial charge in [-0.15, -0.1) is 0 Å². The molecule has 65 heavy (non-hydrogen) atoms. The summed E-state index contributed by atoms with van der Waals surface area (Å²) in [6.45, 7) is 6.54. The molecule has 0 aromatic carbocycles. The molecule has 6 heteroatoms. The van der Waals surface area contributed by atoms with E-state index in [0.717, 1.165) is 103 Å². The maximum absolute atomic E-state index is 12.8. The summed E-state index contributed by atoms with van der Waals surface area (Å²) in [6.07, 6.45) is 66.4. The molecule has 0 rings (SSSR count). The van der Waals surface area contributed by atoms with Gasteiger partial charge in [-0.3, -0.25) is 14.4 Å². The molecule has 0 bridgehead atoms. The summed E-state index contributed by atoms with van der Waals surface area (Å²) in [5, 5.41) is 0. The van der Waals surface area contributed by atoms with Crippen LogP contribution in [-0.4, -0.2) is 37.2 Å². The van der Waals surface area contributed by atoms with Crippen molar-refractivity contribution in [2.24, 2.45) is 0 Å². The predicted octanol–water partition coefficient (Wildman–Crippen LogP) is 18.4. The Morgan fingerprint density at radius 1 is 0.308 bits per heavy atom. The molecule has 1 atom stereocenters. The van der Waals surface area contributed by atoms with E-state index < -0.39 is 6.10 Å². The van der Waals surface area contributed by atoms with Crippen molar-refractivity contribution < 1.29 is 28.6 Å². The van der Waals surface area contributed by atoms with Crippen molar-refractivity contribution in [2.45, 2.75) is 284 Å². The first kappa shape index (κ1) is 62.1. The van der Waals surface area contributed by atoms with Gasteiger partial charge in [-0.2, -0.15) is 0 Å². The minimum Gasteiger partial charge on any atom is -0.462 e. The van der Waals surface area contributed by atoms with E-state index >= 15 is 0 Å². The third kappa shape index (κ3) is 51.9. The number of hydrogen-bond donors (Lipinski definition) is 0. The number of hydrogen-bond acceptors (Lipinski definition) is 6. The molecule has 0 radical (unpaired) electrons. The predicted molar refractivity (Wildman–Crippen MR) is 279 cm³/mol. The Balaban J connectivity index is 4.32. The van der Waals surface area contributed by atoms with Gasteiger partial charge >= 0.3 is 17.9 Å². The molecule has 0 heterocycles. The second kappa shape index (κ2) is 53.7. The lowest BCUT2D eigenvalue weighted by atomic mass is 10.1. The first-order chi connectivity index (χ1) is 32.0. The number of ether oxygens (including phenoxy) is 3. The average molecular weight is 909 g/mol. The number of esters is 3. The summed E-state index contributed by atoms with van der Waals surface area (Å²) < 4.78 is 16.8. The van der Waals surface area contributed by atoms with E-state index in [0.29, 0.717) is 19.3 Å². The summed E-state index contributed by atoms with van der Waals surface area (Å²) in [6, 6.07) is 0. The van der Waals surface area contributed by atoms with Crippen molar-refractivity contribution in [2.75, 3.05) is 13.2 Å². The number of allylic oxidation sites excluding steroid dienone is 10. The Morgan fingerprint density at radius 2 is 0.585 bits per heavy atom. The van der Waals surface area contributed by atoms with Gasteiger partial charge in [0.1, 0.15) is 13.2 Å². The molecule has 0 aromatic heterocycles. The Hall–Kier alpha value is -2.89. The van der Waals surface area contributed by atoms with Crippen LogP contribution in [0.2, 0.25) is 0 Å². The molecule has 0 amide bonds. The molecule has 0 aliphatic carbocycles. The van der Waals surface area contributed by atoms with Crippen LogP contribution in [0.15, 0.2) is 60.8 Å². The van der Waals surface area contributed by atoms with Gasteiger partial charge in [-0.25, -0.2) is 0 Å². The van der Waals surface area contributed by atoms with Gasteiger partial charge in [-0.1, -0.05) is 216 Å². The Labute approximate surface area is 402 Å². The number of unbranched alkanes of at least 4 members (excludes halogenated alkanes) is 29. The van der Waals surface area contributed by atoms with E-state index in [1.54, 1.807) is 0 Å². The maximum Gasteiger partial charge on any atom is 0.306 e. The first-order valence-electron chi connectivity index (χ1n) is 27.8. The fourth-order valence-electron chi connectivity index (χ4n) is 7.74. The monoisotopic (exact) mass is 909 g/mol. The first-order valence-corrected chi connectivity index (χ1v) is 27.8. The SMILES string of the molecule is CCC/C=C\CCCCCCCC(=O)OCC(COC(=O)CCCCCCCCCCC/C=C\C/C=C\CCCCCCC)OC(=O)CCCCCCC/C=C\C/C=C\CCCCCC. The highest BCUT2D eigenvalue weighted by Gasteiger charge is 2.19. The van der Waals surface area contributed by atoms with Crippen LogP contribution >= 0.6 is 0 Å². The summed E-state index contributed by atoms with van der Waals surface area (Å²) in [7, 11) is 0. The lowest BCUT2D eigenvalue weighted by Gasteiger charge is -2.18. The van der Waals surface area contributed by atoms with Crippen LogP contribution in [0.4, 0.5) is 0 Å². The van der Waals surface area contributed by atoms with Gasteiger partial charge in [0, 0.05) is 19.3 Å². The lowest BCUT2D eigenvalue weighted by Crippen LogP contribution is -2.30. The van der Waals surface area contributed by atoms with Gasteiger partial charge < -0.3 is 14.2 Å². The van der Waals surface area contributed by atoms with Gasteiger partial charge in [0.25, 0.3) is 0 Å². The molecule has 0 N–H and O–H groups in total. The van der Waals surface area contributed by atoms with Crippen LogP contribution in [-0.2, 0) is 28.6 Å². The third-order valence-corrected chi connectivity index (χ3v) is 11.9. The standard InChI is InChI=1S/C59H104O6/c1-4-7-10-13-16-19-22-24-26-28-29-30-31-32-34-35-37-40-43-46-49-52-58(61)64-55-56(54-63-57(60)51-48-45-42-39-21-18-15-12-9-6-3)65-59(62)53-50-47-44-41-38-36-33-27-25-23-20-17-14-11-8-5-2/h12,15,20,22-24,27-29,33,56H,4-11,13-14,16-19,21,25-26,30-32,34-55H2,1-3H3/b15-12-,23-20-,24-22-,29-28-,33-27-. The average Bonchev–Trinajstić information content (AvgIpc) is 3.30. The molecular formula is C59H104O6. The van der Waals surface area contributed by atoms with E-state index in [-0.39, 0.29) is 31.1 Å². The van der Waals surface area contributed by atoms with Gasteiger partial charge in [0.2, 0.25) is 0 Å². The van der Waals surface area contributed by atoms with E-state index in [1.165, 1.54) is 135 Å². The fourth-order valence-corrected chi connectivity index (χ4v) is 7.74. The van der Waals surface area contributed by atoms with Gasteiger partial charge in [0.05, 0.1) is 0 Å². The van der Waals surface area contributed by atoms with Crippen LogP contribution in [0.1, 0.15) is 278 Å². The molecule has 0 fully saturated rings. The van der Waals surface area contributed by atoms with Crippen molar-refractivity contribution >= 4 is 17.9 Å². The Bertz CT molecular complexity index is 1180. The summed E-state index contributed by atoms with van der Waals surface area (Å²) in [5.41, 5.74) is 0. The Kier molecular flexibility index (Phi) is 51.3. The van der Waals surface area contributed by atoms with Crippen LogP contribution in [0.3, 0.4) is 0 Å². The minimum absolute atomic E-state index is 0.0844. The van der Waals surface area contributed by atoms with Crippen molar-refractivity contribution in [1.82, 2.24) is 0 Å². The second-order valence-electron chi connectivity index (χ2n) is 18.5. The zero-order chi connectivity index (χ0) is 47.2. The highest BCUT2D eigenvalue weighted by atomic mass is 16.6. The zero-order valence-electron chi connectivity index (χ0n) is 43.0. The quantitative estimate of drug-likeness (QED) is 0.0262. The highest BCUT2D eigenvalue weighted by Crippen LogP contribution is 2.15. The number of carbonyl (C=O) groups is 3. The summed E-state index contributed by atoms with van der Waals surface area (Å²) >= 11 is 0. The molecule has 376 valence electrons. The van der Waals surface area contributed by atoms with E-state index in [1.807, 2.05) is 0 Å². The largest absolute Gasteiger partial charge is 0.462 e. The molecule has 0 saturated heterocycles. The summed E-state index contributed by atoms with van der Waals surface area (Å²) in [5.74, 6) is -0.907. The van der Waals surface area contributed by atoms with Crippen LogP contribution in [0.25, 0.3) is 0 Å². The topological polar surface area (TPSA) is 78.9 Å². The van der Waals surface area contributed by atoms with E-state index in [9.17, 15) is 14.4 Å². The van der Waals surface area contributed by atoms with Crippen molar-refractivity contribution in [3.8, 4) is 0 Å². The molecule has 0 spiro atoms. The molecule has 0 aliphatic heterocycles. The van der Waals surface area contributed by atoms with Crippen molar-refractivity contribution in [1.29, 1.82) is 0 Å². The normalized spacial score (nSPS) is 12.5.